The second kappa shape index (κ2) is 8.83. The molecule has 1 amide bonds. The zero-order chi connectivity index (χ0) is 19.2. The minimum Gasteiger partial charge on any atom is -0.342 e. The molecule has 5 heteroatoms. The predicted molar refractivity (Wildman–Crippen MR) is 109 cm³/mol. The van der Waals surface area contributed by atoms with Crippen molar-refractivity contribution in [2.75, 3.05) is 13.1 Å². The molecule has 0 radical (unpaired) electrons. The van der Waals surface area contributed by atoms with Crippen LogP contribution in [0.4, 0.5) is 0 Å². The van der Waals surface area contributed by atoms with Crippen molar-refractivity contribution in [2.24, 2.45) is 0 Å². The maximum absolute atomic E-state index is 12.7. The number of carbonyl (C=O) groups excluding carboxylic acids is 1. The molecule has 28 heavy (non-hydrogen) atoms. The van der Waals surface area contributed by atoms with Crippen LogP contribution in [0, 0.1) is 0 Å². The second-order valence-corrected chi connectivity index (χ2v) is 7.44. The summed E-state index contributed by atoms with van der Waals surface area (Å²) in [5, 5.41) is 0. The standard InChI is InChI=1S/C23H26N4O/c28-22(11-10-19-8-4-12-24-16-19)26-14-5-9-21(18-26)23-25-13-15-27(23)17-20-6-2-1-3-7-20/h1-4,6-8,12-13,15-16,21H,5,9-11,14,17-18H2. The van der Waals surface area contributed by atoms with Gasteiger partial charge < -0.3 is 9.47 Å². The summed E-state index contributed by atoms with van der Waals surface area (Å²) in [7, 11) is 0. The van der Waals surface area contributed by atoms with E-state index in [1.54, 1.807) is 6.20 Å². The summed E-state index contributed by atoms with van der Waals surface area (Å²) in [6.07, 6.45) is 10.9. The lowest BCUT2D eigenvalue weighted by Gasteiger charge is -2.33. The number of rotatable bonds is 6. The van der Waals surface area contributed by atoms with Gasteiger partial charge in [0, 0.05) is 56.8 Å². The minimum atomic E-state index is 0.231. The number of amides is 1. The topological polar surface area (TPSA) is 51.0 Å². The normalized spacial score (nSPS) is 16.9. The Morgan fingerprint density at radius 3 is 2.75 bits per heavy atom. The van der Waals surface area contributed by atoms with Gasteiger partial charge in [-0.15, -0.1) is 0 Å². The van der Waals surface area contributed by atoms with Crippen molar-refractivity contribution in [2.45, 2.75) is 38.1 Å². The number of nitrogens with zero attached hydrogens (tertiary/aromatic N) is 4. The number of aryl methyl sites for hydroxylation is 1. The molecule has 1 saturated heterocycles. The fourth-order valence-electron chi connectivity index (χ4n) is 3.96. The highest BCUT2D eigenvalue weighted by molar-refractivity contribution is 5.76. The number of pyridine rings is 1. The van der Waals surface area contributed by atoms with E-state index in [0.29, 0.717) is 12.3 Å². The molecule has 0 saturated carbocycles. The number of imidazole rings is 1. The first-order chi connectivity index (χ1) is 13.8. The number of aromatic nitrogens is 3. The number of likely N-dealkylation sites (tertiary alicyclic amines) is 1. The Balaban J connectivity index is 1.39. The smallest absolute Gasteiger partial charge is 0.222 e. The molecule has 1 fully saturated rings. The van der Waals surface area contributed by atoms with Crippen molar-refractivity contribution in [3.05, 3.63) is 84.2 Å². The van der Waals surface area contributed by atoms with Gasteiger partial charge in [-0.2, -0.15) is 0 Å². The third-order valence-electron chi connectivity index (χ3n) is 5.43. The summed E-state index contributed by atoms with van der Waals surface area (Å²) in [5.41, 5.74) is 2.38. The molecule has 4 rings (SSSR count). The second-order valence-electron chi connectivity index (χ2n) is 7.44. The van der Waals surface area contributed by atoms with Gasteiger partial charge in [0.05, 0.1) is 0 Å². The average molecular weight is 374 g/mol. The summed E-state index contributed by atoms with van der Waals surface area (Å²) in [5.74, 6) is 1.62. The van der Waals surface area contributed by atoms with E-state index in [9.17, 15) is 4.79 Å². The summed E-state index contributed by atoms with van der Waals surface area (Å²) >= 11 is 0. The zero-order valence-electron chi connectivity index (χ0n) is 16.1. The maximum Gasteiger partial charge on any atom is 0.222 e. The number of carbonyl (C=O) groups is 1. The van der Waals surface area contributed by atoms with Gasteiger partial charge in [-0.25, -0.2) is 4.98 Å². The Bertz CT molecular complexity index is 891. The molecule has 0 spiro atoms. The first-order valence-electron chi connectivity index (χ1n) is 10.0. The third-order valence-corrected chi connectivity index (χ3v) is 5.43. The molecule has 144 valence electrons. The molecule has 0 bridgehead atoms. The highest BCUT2D eigenvalue weighted by atomic mass is 16.2. The van der Waals surface area contributed by atoms with Crippen LogP contribution >= 0.6 is 0 Å². The van der Waals surface area contributed by atoms with Crippen LogP contribution in [0.3, 0.4) is 0 Å². The number of piperidine rings is 1. The van der Waals surface area contributed by atoms with Crippen LogP contribution in [0.2, 0.25) is 0 Å². The largest absolute Gasteiger partial charge is 0.342 e. The molecule has 2 aromatic heterocycles. The monoisotopic (exact) mass is 374 g/mol. The quantitative estimate of drug-likeness (QED) is 0.662. The Hall–Kier alpha value is -2.95. The first kappa shape index (κ1) is 18.4. The Morgan fingerprint density at radius 1 is 1.07 bits per heavy atom. The van der Waals surface area contributed by atoms with Gasteiger partial charge in [0.25, 0.3) is 0 Å². The van der Waals surface area contributed by atoms with Crippen molar-refractivity contribution < 1.29 is 4.79 Å². The van der Waals surface area contributed by atoms with Gasteiger partial charge in [0.1, 0.15) is 5.82 Å². The predicted octanol–water partition coefficient (Wildman–Crippen LogP) is 3.67. The number of hydrogen-bond acceptors (Lipinski definition) is 3. The summed E-state index contributed by atoms with van der Waals surface area (Å²) in [6.45, 7) is 2.43. The third kappa shape index (κ3) is 4.47. The fraction of sp³-hybridized carbons (Fsp3) is 0.348. The van der Waals surface area contributed by atoms with Gasteiger partial charge in [0.15, 0.2) is 0 Å². The molecule has 0 aliphatic carbocycles. The highest BCUT2D eigenvalue weighted by Crippen LogP contribution is 2.27. The SMILES string of the molecule is O=C(CCc1cccnc1)N1CCCC(c2nccn2Cc2ccccc2)C1. The van der Waals surface area contributed by atoms with Crippen LogP contribution < -0.4 is 0 Å². The van der Waals surface area contributed by atoms with Gasteiger partial charge in [-0.05, 0) is 36.5 Å². The van der Waals surface area contributed by atoms with E-state index in [0.717, 1.165) is 50.3 Å². The maximum atomic E-state index is 12.7. The average Bonchev–Trinajstić information content (AvgIpc) is 3.22. The highest BCUT2D eigenvalue weighted by Gasteiger charge is 2.27. The van der Waals surface area contributed by atoms with E-state index >= 15 is 0 Å². The zero-order valence-corrected chi connectivity index (χ0v) is 16.1. The van der Waals surface area contributed by atoms with Gasteiger partial charge in [0.2, 0.25) is 5.91 Å². The summed E-state index contributed by atoms with van der Waals surface area (Å²) < 4.78 is 2.23. The van der Waals surface area contributed by atoms with E-state index in [4.69, 9.17) is 0 Å². The van der Waals surface area contributed by atoms with Crippen molar-refractivity contribution in [1.82, 2.24) is 19.4 Å². The minimum absolute atomic E-state index is 0.231. The van der Waals surface area contributed by atoms with Crippen LogP contribution in [0.15, 0.2) is 67.3 Å². The number of benzene rings is 1. The molecule has 5 nitrogen and oxygen atoms in total. The lowest BCUT2D eigenvalue weighted by molar-refractivity contribution is -0.132. The molecular formula is C23H26N4O. The Morgan fingerprint density at radius 2 is 1.93 bits per heavy atom. The first-order valence-corrected chi connectivity index (χ1v) is 10.0. The van der Waals surface area contributed by atoms with E-state index in [2.05, 4.69) is 38.8 Å². The molecule has 3 heterocycles. The molecular weight excluding hydrogens is 348 g/mol. The molecule has 3 aromatic rings. The summed E-state index contributed by atoms with van der Waals surface area (Å²) in [6, 6.07) is 14.4. The van der Waals surface area contributed by atoms with E-state index in [1.165, 1.54) is 5.56 Å². The van der Waals surface area contributed by atoms with Crippen molar-refractivity contribution in [3.8, 4) is 0 Å². The molecule has 1 unspecified atom stereocenters. The molecule has 1 atom stereocenters. The summed E-state index contributed by atoms with van der Waals surface area (Å²) in [4.78, 5) is 23.5. The van der Waals surface area contributed by atoms with Gasteiger partial charge >= 0.3 is 0 Å². The van der Waals surface area contributed by atoms with Crippen molar-refractivity contribution in [1.29, 1.82) is 0 Å². The molecule has 0 N–H and O–H groups in total. The van der Waals surface area contributed by atoms with Crippen molar-refractivity contribution in [3.63, 3.8) is 0 Å². The van der Waals surface area contributed by atoms with E-state index < -0.39 is 0 Å². The molecule has 1 aliphatic rings. The van der Waals surface area contributed by atoms with Crippen LogP contribution in [-0.2, 0) is 17.8 Å². The fourth-order valence-corrected chi connectivity index (χ4v) is 3.96. The Labute approximate surface area is 166 Å². The van der Waals surface area contributed by atoms with Crippen molar-refractivity contribution >= 4 is 5.91 Å². The lowest BCUT2D eigenvalue weighted by Crippen LogP contribution is -2.39. The van der Waals surface area contributed by atoms with E-state index in [1.807, 2.05) is 41.7 Å². The lowest BCUT2D eigenvalue weighted by atomic mass is 9.96. The molecule has 1 aromatic carbocycles. The molecule has 1 aliphatic heterocycles. The van der Waals surface area contributed by atoms with Crippen LogP contribution in [0.25, 0.3) is 0 Å². The Kier molecular flexibility index (Phi) is 5.80. The van der Waals surface area contributed by atoms with Gasteiger partial charge in [-0.1, -0.05) is 36.4 Å². The van der Waals surface area contributed by atoms with Gasteiger partial charge in [-0.3, -0.25) is 9.78 Å². The van der Waals surface area contributed by atoms with E-state index in [-0.39, 0.29) is 5.91 Å². The van der Waals surface area contributed by atoms with Crippen LogP contribution in [-0.4, -0.2) is 38.4 Å². The van der Waals surface area contributed by atoms with Crippen LogP contribution in [0.1, 0.15) is 42.1 Å². The van der Waals surface area contributed by atoms with Crippen LogP contribution in [0.5, 0.6) is 0 Å². The number of hydrogen-bond donors (Lipinski definition) is 0.